The lowest BCUT2D eigenvalue weighted by atomic mass is 9.94. The van der Waals surface area contributed by atoms with E-state index in [1.807, 2.05) is 0 Å². The summed E-state index contributed by atoms with van der Waals surface area (Å²) in [4.78, 5) is 0. The van der Waals surface area contributed by atoms with E-state index >= 15 is 0 Å². The zero-order valence-electron chi connectivity index (χ0n) is 13.5. The SMILES string of the molecule is Cc1cc(C(/C=C/c2ccc(CN)cc2)C(F)(F)F)cc(C)c1Cl. The monoisotopic (exact) mass is 353 g/mol. The Kier molecular flexibility index (Phi) is 5.73. The van der Waals surface area contributed by atoms with Crippen LogP contribution in [-0.2, 0) is 6.54 Å². The van der Waals surface area contributed by atoms with Gasteiger partial charge >= 0.3 is 6.18 Å². The van der Waals surface area contributed by atoms with Crippen LogP contribution in [0, 0.1) is 13.8 Å². The van der Waals surface area contributed by atoms with Crippen LogP contribution < -0.4 is 5.73 Å². The zero-order chi connectivity index (χ0) is 17.9. The molecule has 0 heterocycles. The van der Waals surface area contributed by atoms with Crippen LogP contribution in [0.1, 0.15) is 33.7 Å². The lowest BCUT2D eigenvalue weighted by Crippen LogP contribution is -2.19. The second kappa shape index (κ2) is 7.41. The Morgan fingerprint density at radius 1 is 1.08 bits per heavy atom. The van der Waals surface area contributed by atoms with Gasteiger partial charge in [-0.1, -0.05) is 60.2 Å². The summed E-state index contributed by atoms with van der Waals surface area (Å²) in [6.07, 6.45) is -1.71. The van der Waals surface area contributed by atoms with E-state index < -0.39 is 12.1 Å². The molecule has 0 saturated heterocycles. The number of benzene rings is 2. The van der Waals surface area contributed by atoms with E-state index in [9.17, 15) is 13.2 Å². The molecule has 0 aromatic heterocycles. The van der Waals surface area contributed by atoms with Gasteiger partial charge in [0.1, 0.15) is 0 Å². The first-order valence-electron chi connectivity index (χ1n) is 7.53. The Balaban J connectivity index is 2.37. The maximum absolute atomic E-state index is 13.5. The van der Waals surface area contributed by atoms with Crippen molar-refractivity contribution in [3.05, 3.63) is 75.3 Å². The van der Waals surface area contributed by atoms with Gasteiger partial charge in [-0.2, -0.15) is 13.2 Å². The second-order valence-corrected chi connectivity index (χ2v) is 6.17. The van der Waals surface area contributed by atoms with Crippen LogP contribution >= 0.6 is 11.6 Å². The Labute approximate surface area is 144 Å². The summed E-state index contributed by atoms with van der Waals surface area (Å²) >= 11 is 6.06. The third-order valence-corrected chi connectivity index (χ3v) is 4.46. The highest BCUT2D eigenvalue weighted by Gasteiger charge is 2.39. The van der Waals surface area contributed by atoms with E-state index in [4.69, 9.17) is 17.3 Å². The van der Waals surface area contributed by atoms with Crippen LogP contribution in [0.25, 0.3) is 6.08 Å². The van der Waals surface area contributed by atoms with Crippen LogP contribution in [0.15, 0.2) is 42.5 Å². The average Bonchev–Trinajstić information content (AvgIpc) is 2.52. The number of hydrogen-bond acceptors (Lipinski definition) is 1. The highest BCUT2D eigenvalue weighted by molar-refractivity contribution is 6.32. The van der Waals surface area contributed by atoms with Crippen LogP contribution in [0.2, 0.25) is 5.02 Å². The highest BCUT2D eigenvalue weighted by Crippen LogP contribution is 2.38. The minimum Gasteiger partial charge on any atom is -0.326 e. The molecule has 0 radical (unpaired) electrons. The Bertz CT molecular complexity index is 710. The summed E-state index contributed by atoms with van der Waals surface area (Å²) in [6, 6.07) is 10.1. The van der Waals surface area contributed by atoms with E-state index in [0.29, 0.717) is 28.3 Å². The maximum atomic E-state index is 13.5. The summed E-state index contributed by atoms with van der Waals surface area (Å²) in [5.41, 5.74) is 8.62. The first-order chi connectivity index (χ1) is 11.2. The number of allylic oxidation sites excluding steroid dienone is 1. The predicted octanol–water partition coefficient (Wildman–Crippen LogP) is 5.77. The molecular weight excluding hydrogens is 335 g/mol. The normalized spacial score (nSPS) is 13.5. The van der Waals surface area contributed by atoms with E-state index in [-0.39, 0.29) is 5.56 Å². The van der Waals surface area contributed by atoms with Crippen molar-refractivity contribution in [1.82, 2.24) is 0 Å². The second-order valence-electron chi connectivity index (χ2n) is 5.79. The van der Waals surface area contributed by atoms with Gasteiger partial charge in [-0.05, 0) is 41.7 Å². The van der Waals surface area contributed by atoms with Gasteiger partial charge in [0, 0.05) is 11.6 Å². The van der Waals surface area contributed by atoms with Crippen LogP contribution in [0.3, 0.4) is 0 Å². The summed E-state index contributed by atoms with van der Waals surface area (Å²) in [5.74, 6) is -1.68. The first kappa shape index (κ1) is 18.6. The van der Waals surface area contributed by atoms with Crippen molar-refractivity contribution in [3.8, 4) is 0 Å². The number of rotatable bonds is 4. The molecule has 0 fully saturated rings. The van der Waals surface area contributed by atoms with Crippen molar-refractivity contribution in [2.75, 3.05) is 0 Å². The predicted molar refractivity (Wildman–Crippen MR) is 93.1 cm³/mol. The molecule has 2 rings (SSSR count). The fraction of sp³-hybridized carbons (Fsp3) is 0.263. The largest absolute Gasteiger partial charge is 0.399 e. The molecule has 1 unspecified atom stereocenters. The van der Waals surface area contributed by atoms with Crippen molar-refractivity contribution in [3.63, 3.8) is 0 Å². The molecule has 1 nitrogen and oxygen atoms in total. The molecule has 0 aliphatic heterocycles. The topological polar surface area (TPSA) is 26.0 Å². The molecule has 0 spiro atoms. The van der Waals surface area contributed by atoms with Crippen molar-refractivity contribution in [2.45, 2.75) is 32.5 Å². The van der Waals surface area contributed by atoms with Crippen LogP contribution in [-0.4, -0.2) is 6.18 Å². The third-order valence-electron chi connectivity index (χ3n) is 3.87. The number of alkyl halides is 3. The molecule has 5 heteroatoms. The van der Waals surface area contributed by atoms with Crippen molar-refractivity contribution in [2.24, 2.45) is 5.73 Å². The van der Waals surface area contributed by atoms with E-state index in [1.54, 1.807) is 38.1 Å². The summed E-state index contributed by atoms with van der Waals surface area (Å²) in [7, 11) is 0. The van der Waals surface area contributed by atoms with Gasteiger partial charge in [-0.15, -0.1) is 0 Å². The quantitative estimate of drug-likeness (QED) is 0.741. The molecule has 0 aliphatic rings. The van der Waals surface area contributed by atoms with E-state index in [1.165, 1.54) is 24.3 Å². The first-order valence-corrected chi connectivity index (χ1v) is 7.90. The molecule has 2 N–H and O–H groups in total. The smallest absolute Gasteiger partial charge is 0.326 e. The molecular formula is C19H19ClF3N. The summed E-state index contributed by atoms with van der Waals surface area (Å²) in [5, 5.41) is 0.501. The standard InChI is InChI=1S/C19H19ClF3N/c1-12-9-16(10-13(2)18(12)20)17(19(21,22)23)8-7-14-3-5-15(11-24)6-4-14/h3-10,17H,11,24H2,1-2H3/b8-7+. The summed E-state index contributed by atoms with van der Waals surface area (Å²) < 4.78 is 40.5. The Hall–Kier alpha value is -1.78. The van der Waals surface area contributed by atoms with Gasteiger partial charge in [-0.3, -0.25) is 0 Å². The molecule has 2 aromatic carbocycles. The molecule has 2 aromatic rings. The lowest BCUT2D eigenvalue weighted by molar-refractivity contribution is -0.139. The Morgan fingerprint density at radius 2 is 1.62 bits per heavy atom. The zero-order valence-corrected chi connectivity index (χ0v) is 14.2. The number of nitrogens with two attached hydrogens (primary N) is 1. The number of hydrogen-bond donors (Lipinski definition) is 1. The van der Waals surface area contributed by atoms with Gasteiger partial charge in [0.2, 0.25) is 0 Å². The van der Waals surface area contributed by atoms with E-state index in [2.05, 4.69) is 0 Å². The lowest BCUT2D eigenvalue weighted by Gasteiger charge is -2.19. The molecule has 0 amide bonds. The van der Waals surface area contributed by atoms with Gasteiger partial charge in [0.15, 0.2) is 0 Å². The molecule has 1 atom stereocenters. The van der Waals surface area contributed by atoms with Gasteiger partial charge in [0.25, 0.3) is 0 Å². The third kappa shape index (κ3) is 4.40. The minimum absolute atomic E-state index is 0.191. The van der Waals surface area contributed by atoms with E-state index in [0.717, 1.165) is 5.56 Å². The molecule has 0 saturated carbocycles. The fourth-order valence-electron chi connectivity index (χ4n) is 2.54. The molecule has 0 aliphatic carbocycles. The van der Waals surface area contributed by atoms with Gasteiger partial charge in [-0.25, -0.2) is 0 Å². The molecule has 0 bridgehead atoms. The number of halogens is 4. The highest BCUT2D eigenvalue weighted by atomic mass is 35.5. The van der Waals surface area contributed by atoms with Crippen LogP contribution in [0.4, 0.5) is 13.2 Å². The van der Waals surface area contributed by atoms with Crippen LogP contribution in [0.5, 0.6) is 0 Å². The van der Waals surface area contributed by atoms with Crippen molar-refractivity contribution < 1.29 is 13.2 Å². The number of aryl methyl sites for hydroxylation is 2. The molecule has 128 valence electrons. The maximum Gasteiger partial charge on any atom is 0.399 e. The van der Waals surface area contributed by atoms with Crippen molar-refractivity contribution >= 4 is 17.7 Å². The summed E-state index contributed by atoms with van der Waals surface area (Å²) in [6.45, 7) is 3.82. The average molecular weight is 354 g/mol. The van der Waals surface area contributed by atoms with Gasteiger partial charge < -0.3 is 5.73 Å². The van der Waals surface area contributed by atoms with Gasteiger partial charge in [0.05, 0.1) is 5.92 Å². The minimum atomic E-state index is -4.37. The Morgan fingerprint density at radius 3 is 2.08 bits per heavy atom. The fourth-order valence-corrected chi connectivity index (χ4v) is 2.65. The molecule has 24 heavy (non-hydrogen) atoms. The van der Waals surface area contributed by atoms with Crippen molar-refractivity contribution in [1.29, 1.82) is 0 Å².